The summed E-state index contributed by atoms with van der Waals surface area (Å²) in [6, 6.07) is 8.59. The molecule has 0 saturated carbocycles. The highest BCUT2D eigenvalue weighted by atomic mass is 35.5. The Morgan fingerprint density at radius 1 is 1.10 bits per heavy atom. The number of hydrogen-bond acceptors (Lipinski definition) is 11. The minimum atomic E-state index is -0.347. The van der Waals surface area contributed by atoms with Gasteiger partial charge in [0.2, 0.25) is 11.7 Å². The zero-order valence-electron chi connectivity index (χ0n) is 22.2. The Hall–Kier alpha value is -3.80. The number of aromatic nitrogens is 2. The number of ketones is 1. The Morgan fingerprint density at radius 2 is 1.82 bits per heavy atom. The van der Waals surface area contributed by atoms with E-state index in [1.165, 1.54) is 27.5 Å². The van der Waals surface area contributed by atoms with E-state index in [-0.39, 0.29) is 24.1 Å². The third-order valence-corrected chi connectivity index (χ3v) is 6.54. The fourth-order valence-electron chi connectivity index (χ4n) is 4.21. The number of halogens is 1. The number of ether oxygens (including phenoxy) is 5. The summed E-state index contributed by atoms with van der Waals surface area (Å²) in [5, 5.41) is 13.3. The van der Waals surface area contributed by atoms with E-state index >= 15 is 0 Å². The van der Waals surface area contributed by atoms with Crippen molar-refractivity contribution in [3.63, 3.8) is 0 Å². The molecule has 4 rings (SSSR count). The predicted molar refractivity (Wildman–Crippen MR) is 146 cm³/mol. The maximum atomic E-state index is 13.8. The van der Waals surface area contributed by atoms with E-state index in [9.17, 15) is 9.90 Å². The molecule has 1 aromatic heterocycles. The number of nitrogens with zero attached hydrogens (tertiary/aromatic N) is 3. The number of morpholine rings is 1. The Kier molecular flexibility index (Phi) is 9.28. The van der Waals surface area contributed by atoms with E-state index in [0.29, 0.717) is 71.6 Å². The van der Waals surface area contributed by atoms with Crippen molar-refractivity contribution >= 4 is 29.2 Å². The first kappa shape index (κ1) is 28.2. The topological polar surface area (TPSA) is 125 Å². The minimum Gasteiger partial charge on any atom is -0.495 e. The highest BCUT2D eigenvalue weighted by Crippen LogP contribution is 2.39. The molecule has 1 atom stereocenters. The molecule has 2 N–H and O–H groups in total. The second-order valence-corrected chi connectivity index (χ2v) is 9.03. The molecule has 0 radical (unpaired) electrons. The number of aliphatic hydroxyl groups excluding tert-OH is 1. The Balaban J connectivity index is 1.71. The van der Waals surface area contributed by atoms with Crippen molar-refractivity contribution in [1.82, 2.24) is 9.97 Å². The van der Waals surface area contributed by atoms with E-state index in [1.807, 2.05) is 11.0 Å². The number of benzene rings is 2. The van der Waals surface area contributed by atoms with Crippen LogP contribution >= 0.6 is 11.6 Å². The second kappa shape index (κ2) is 12.8. The molecule has 2 heterocycles. The van der Waals surface area contributed by atoms with Crippen molar-refractivity contribution in [2.75, 3.05) is 65.0 Å². The molecule has 11 nitrogen and oxygen atoms in total. The summed E-state index contributed by atoms with van der Waals surface area (Å²) >= 11 is 6.30. The van der Waals surface area contributed by atoms with Crippen LogP contribution in [0.1, 0.15) is 21.5 Å². The van der Waals surface area contributed by atoms with Crippen LogP contribution in [0, 0.1) is 0 Å². The van der Waals surface area contributed by atoms with Gasteiger partial charge in [-0.25, -0.2) is 4.98 Å². The van der Waals surface area contributed by atoms with E-state index in [2.05, 4.69) is 10.3 Å². The molecule has 1 saturated heterocycles. The quantitative estimate of drug-likeness (QED) is 0.337. The lowest BCUT2D eigenvalue weighted by atomic mass is 10.0. The maximum Gasteiger partial charge on any atom is 0.227 e. The number of methoxy groups -OCH3 is 4. The normalized spacial score (nSPS) is 15.0. The fourth-order valence-corrected chi connectivity index (χ4v) is 4.49. The molecular weight excluding hydrogens is 528 g/mol. The number of aliphatic hydroxyl groups is 1. The average molecular weight is 559 g/mol. The molecule has 1 aliphatic rings. The zero-order valence-corrected chi connectivity index (χ0v) is 22.9. The van der Waals surface area contributed by atoms with Gasteiger partial charge >= 0.3 is 0 Å². The standard InChI is InChI=1S/C27H31ClN4O7/c1-35-21-6-5-16(9-20(21)28)12-29-26-19(13-30-27(31-26)32-7-8-39-18(14-32)15-33)24(34)17-10-22(36-2)25(38-4)23(11-17)37-3/h5-6,9-11,13,18,33H,7-8,12,14-15H2,1-4H3,(H,29,30,31). The second-order valence-electron chi connectivity index (χ2n) is 8.62. The molecule has 1 unspecified atom stereocenters. The van der Waals surface area contributed by atoms with Crippen LogP contribution < -0.4 is 29.2 Å². The molecule has 0 spiro atoms. The van der Waals surface area contributed by atoms with Crippen molar-refractivity contribution in [2.24, 2.45) is 0 Å². The molecule has 0 amide bonds. The summed E-state index contributed by atoms with van der Waals surface area (Å²) in [6.45, 7) is 1.61. The Labute approximate surface area is 231 Å². The van der Waals surface area contributed by atoms with Gasteiger partial charge in [0.05, 0.1) is 58.3 Å². The molecule has 1 fully saturated rings. The lowest BCUT2D eigenvalue weighted by Crippen LogP contribution is -2.44. The van der Waals surface area contributed by atoms with Gasteiger partial charge < -0.3 is 39.0 Å². The van der Waals surface area contributed by atoms with Crippen LogP contribution in [0.4, 0.5) is 11.8 Å². The van der Waals surface area contributed by atoms with Crippen molar-refractivity contribution in [3.8, 4) is 23.0 Å². The highest BCUT2D eigenvalue weighted by molar-refractivity contribution is 6.32. The van der Waals surface area contributed by atoms with Crippen LogP contribution in [0.15, 0.2) is 36.5 Å². The lowest BCUT2D eigenvalue weighted by molar-refractivity contribution is 0.00314. The molecular formula is C27H31ClN4O7. The third-order valence-electron chi connectivity index (χ3n) is 6.25. The predicted octanol–water partition coefficient (Wildman–Crippen LogP) is 3.21. The molecule has 12 heteroatoms. The number of rotatable bonds is 11. The molecule has 3 aromatic rings. The molecule has 39 heavy (non-hydrogen) atoms. The number of carbonyl (C=O) groups excluding carboxylic acids is 1. The van der Waals surface area contributed by atoms with Crippen LogP contribution in [-0.2, 0) is 11.3 Å². The summed E-state index contributed by atoms with van der Waals surface area (Å²) in [4.78, 5) is 24.9. The van der Waals surface area contributed by atoms with Gasteiger partial charge in [0.1, 0.15) is 11.6 Å². The van der Waals surface area contributed by atoms with E-state index in [1.54, 1.807) is 31.4 Å². The SMILES string of the molecule is COc1ccc(CNc2nc(N3CCOC(CO)C3)ncc2C(=O)c2cc(OC)c(OC)c(OC)c2)cc1Cl. The van der Waals surface area contributed by atoms with Gasteiger partial charge in [0, 0.05) is 31.4 Å². The van der Waals surface area contributed by atoms with Gasteiger partial charge in [0.15, 0.2) is 17.3 Å². The Morgan fingerprint density at radius 3 is 2.44 bits per heavy atom. The van der Waals surface area contributed by atoms with Gasteiger partial charge in [-0.3, -0.25) is 4.79 Å². The smallest absolute Gasteiger partial charge is 0.227 e. The lowest BCUT2D eigenvalue weighted by Gasteiger charge is -2.32. The number of carbonyl (C=O) groups is 1. The molecule has 1 aliphatic heterocycles. The zero-order chi connectivity index (χ0) is 27.9. The van der Waals surface area contributed by atoms with Crippen LogP contribution in [0.5, 0.6) is 23.0 Å². The van der Waals surface area contributed by atoms with Gasteiger partial charge in [-0.05, 0) is 29.8 Å². The van der Waals surface area contributed by atoms with Crippen molar-refractivity contribution in [3.05, 3.63) is 58.2 Å². The Bertz CT molecular complexity index is 1300. The number of hydrogen-bond donors (Lipinski definition) is 2. The summed E-state index contributed by atoms with van der Waals surface area (Å²) in [6.07, 6.45) is 1.14. The highest BCUT2D eigenvalue weighted by Gasteiger charge is 2.25. The van der Waals surface area contributed by atoms with Crippen molar-refractivity contribution in [2.45, 2.75) is 12.6 Å². The van der Waals surface area contributed by atoms with Crippen molar-refractivity contribution in [1.29, 1.82) is 0 Å². The summed E-state index contributed by atoms with van der Waals surface area (Å²) in [7, 11) is 6.02. The largest absolute Gasteiger partial charge is 0.495 e. The molecule has 208 valence electrons. The molecule has 0 bridgehead atoms. The third kappa shape index (κ3) is 6.27. The fraction of sp³-hybridized carbons (Fsp3) is 0.370. The van der Waals surface area contributed by atoms with Crippen LogP contribution in [0.2, 0.25) is 5.02 Å². The summed E-state index contributed by atoms with van der Waals surface area (Å²) in [5.74, 6) is 2.04. The van der Waals surface area contributed by atoms with Gasteiger partial charge in [0.25, 0.3) is 0 Å². The molecule has 2 aromatic carbocycles. The van der Waals surface area contributed by atoms with Gasteiger partial charge in [-0.15, -0.1) is 0 Å². The van der Waals surface area contributed by atoms with Crippen LogP contribution in [0.3, 0.4) is 0 Å². The van der Waals surface area contributed by atoms with Crippen molar-refractivity contribution < 1.29 is 33.6 Å². The first-order chi connectivity index (χ1) is 18.9. The van der Waals surface area contributed by atoms with E-state index in [0.717, 1.165) is 5.56 Å². The van der Waals surface area contributed by atoms with Crippen LogP contribution in [0.25, 0.3) is 0 Å². The van der Waals surface area contributed by atoms with E-state index < -0.39 is 0 Å². The van der Waals surface area contributed by atoms with Gasteiger partial charge in [-0.2, -0.15) is 4.98 Å². The van der Waals surface area contributed by atoms with Gasteiger partial charge in [-0.1, -0.05) is 17.7 Å². The number of anilines is 2. The average Bonchev–Trinajstić information content (AvgIpc) is 2.98. The van der Waals surface area contributed by atoms with Crippen LogP contribution in [-0.4, -0.2) is 81.7 Å². The van der Waals surface area contributed by atoms with E-state index in [4.69, 9.17) is 40.3 Å². The summed E-state index contributed by atoms with van der Waals surface area (Å²) in [5.41, 5.74) is 1.42. The monoisotopic (exact) mass is 558 g/mol. The first-order valence-corrected chi connectivity index (χ1v) is 12.6. The number of nitrogens with one attached hydrogen (secondary N) is 1. The summed E-state index contributed by atoms with van der Waals surface area (Å²) < 4.78 is 27.0. The first-order valence-electron chi connectivity index (χ1n) is 12.2. The maximum absolute atomic E-state index is 13.8. The minimum absolute atomic E-state index is 0.114. The molecule has 0 aliphatic carbocycles.